The van der Waals surface area contributed by atoms with Gasteiger partial charge in [-0.2, -0.15) is 0 Å². The molecule has 0 nitrogen and oxygen atoms in total. The first kappa shape index (κ1) is 20.7. The van der Waals surface area contributed by atoms with Crippen LogP contribution in [0.15, 0.2) is 115 Å². The van der Waals surface area contributed by atoms with Gasteiger partial charge in [0.25, 0.3) is 0 Å². The van der Waals surface area contributed by atoms with Gasteiger partial charge in [0.1, 0.15) is 0 Å². The number of benzene rings is 5. The molecule has 2 aliphatic carbocycles. The third-order valence-corrected chi connectivity index (χ3v) is 8.54. The first-order valence-electron chi connectivity index (χ1n) is 12.2. The molecule has 0 fully saturated rings. The summed E-state index contributed by atoms with van der Waals surface area (Å²) in [6, 6.07) is 42.0. The Morgan fingerprint density at radius 3 is 1.91 bits per heavy atom. The van der Waals surface area contributed by atoms with Crippen LogP contribution in [0.1, 0.15) is 47.2 Å². The van der Waals surface area contributed by atoms with E-state index in [1.807, 2.05) is 6.07 Å². The molecule has 5 aromatic carbocycles. The molecule has 1 unspecified atom stereocenters. The van der Waals surface area contributed by atoms with Gasteiger partial charge in [0.2, 0.25) is 0 Å². The zero-order valence-corrected chi connectivity index (χ0v) is 20.6. The third kappa shape index (κ3) is 2.58. The predicted octanol–water partition coefficient (Wildman–Crippen LogP) is 9.01. The normalized spacial score (nSPS) is 18.5. The van der Waals surface area contributed by atoms with E-state index < -0.39 is 5.41 Å². The van der Waals surface area contributed by atoms with Crippen LogP contribution in [0.2, 0.25) is 5.02 Å². The van der Waals surface area contributed by atoms with Gasteiger partial charge in [-0.05, 0) is 62.2 Å². The highest BCUT2D eigenvalue weighted by atomic mass is 35.5. The Hall–Kier alpha value is -3.61. The van der Waals surface area contributed by atoms with Crippen LogP contribution in [0.3, 0.4) is 0 Å². The van der Waals surface area contributed by atoms with Crippen LogP contribution in [0.5, 0.6) is 0 Å². The zero-order valence-electron chi connectivity index (χ0n) is 19.8. The molecule has 0 aliphatic heterocycles. The Kier molecular flexibility index (Phi) is 4.26. The molecule has 1 atom stereocenters. The summed E-state index contributed by atoms with van der Waals surface area (Å²) in [5.74, 6) is 0. The lowest BCUT2D eigenvalue weighted by Gasteiger charge is -2.46. The van der Waals surface area contributed by atoms with Crippen LogP contribution in [-0.2, 0) is 10.8 Å². The monoisotopic (exact) mass is 468 g/mol. The molecule has 0 aromatic heterocycles. The smallest absolute Gasteiger partial charge is 0.0720 e. The highest BCUT2D eigenvalue weighted by molar-refractivity contribution is 6.34. The van der Waals surface area contributed by atoms with Gasteiger partial charge in [0.05, 0.1) is 5.41 Å². The second-order valence-corrected chi connectivity index (χ2v) is 10.7. The van der Waals surface area contributed by atoms with E-state index in [2.05, 4.69) is 123 Å². The molecule has 0 heterocycles. The summed E-state index contributed by atoms with van der Waals surface area (Å²) in [6.45, 7) is 4.73. The van der Waals surface area contributed by atoms with E-state index in [-0.39, 0.29) is 5.41 Å². The molecule has 0 amide bonds. The highest BCUT2D eigenvalue weighted by Gasteiger charge is 2.53. The van der Waals surface area contributed by atoms with Crippen LogP contribution >= 0.6 is 11.6 Å². The van der Waals surface area contributed by atoms with Crippen molar-refractivity contribution in [3.63, 3.8) is 0 Å². The molecule has 35 heavy (non-hydrogen) atoms. The van der Waals surface area contributed by atoms with Crippen molar-refractivity contribution in [3.8, 4) is 22.3 Å². The lowest BCUT2D eigenvalue weighted by molar-refractivity contribution is 0.563. The lowest BCUT2D eigenvalue weighted by atomic mass is 9.55. The fourth-order valence-electron chi connectivity index (χ4n) is 6.71. The number of rotatable bonds is 1. The summed E-state index contributed by atoms with van der Waals surface area (Å²) >= 11 is 6.92. The molecule has 7 rings (SSSR count). The van der Waals surface area contributed by atoms with Crippen molar-refractivity contribution in [2.75, 3.05) is 0 Å². The third-order valence-electron chi connectivity index (χ3n) is 8.23. The number of hydrogen-bond donors (Lipinski definition) is 0. The quantitative estimate of drug-likeness (QED) is 0.226. The summed E-state index contributed by atoms with van der Waals surface area (Å²) < 4.78 is 0. The zero-order chi connectivity index (χ0) is 23.8. The molecule has 0 saturated carbocycles. The van der Waals surface area contributed by atoms with Crippen molar-refractivity contribution >= 4 is 11.6 Å². The fourth-order valence-corrected chi connectivity index (χ4v) is 6.98. The Morgan fingerprint density at radius 2 is 1.11 bits per heavy atom. The van der Waals surface area contributed by atoms with E-state index in [4.69, 9.17) is 11.6 Å². The van der Waals surface area contributed by atoms with Gasteiger partial charge in [-0.25, -0.2) is 0 Å². The number of fused-ring (bicyclic) bond motifs is 9. The Bertz CT molecular complexity index is 1630. The van der Waals surface area contributed by atoms with Gasteiger partial charge in [-0.15, -0.1) is 0 Å². The molecule has 0 N–H and O–H groups in total. The minimum atomic E-state index is -0.395. The molecule has 0 bridgehead atoms. The minimum Gasteiger partial charge on any atom is -0.0837 e. The summed E-state index contributed by atoms with van der Waals surface area (Å²) in [6.07, 6.45) is 0. The number of halogens is 1. The number of hydrogen-bond acceptors (Lipinski definition) is 0. The molecule has 1 spiro atoms. The highest BCUT2D eigenvalue weighted by Crippen LogP contribution is 2.63. The molecular weight excluding hydrogens is 444 g/mol. The summed E-state index contributed by atoms with van der Waals surface area (Å²) in [5.41, 5.74) is 12.4. The van der Waals surface area contributed by atoms with Gasteiger partial charge in [0.15, 0.2) is 0 Å². The standard InChI is InChI=1S/C34H25Cl/c1-33(2)26-15-8-9-16-27(26)34(28-20-19-23(21-30(28)33)22-11-4-3-5-12-22)25-14-7-6-13-24(25)32-29(34)17-10-18-31(32)35/h3-21H,1-2H3. The van der Waals surface area contributed by atoms with Crippen molar-refractivity contribution in [2.24, 2.45) is 0 Å². The molecule has 1 heteroatoms. The minimum absolute atomic E-state index is 0.141. The average Bonchev–Trinajstić information content (AvgIpc) is 3.20. The van der Waals surface area contributed by atoms with Gasteiger partial charge in [-0.1, -0.05) is 129 Å². The maximum absolute atomic E-state index is 6.92. The maximum Gasteiger partial charge on any atom is 0.0720 e. The van der Waals surface area contributed by atoms with Crippen LogP contribution in [0.25, 0.3) is 22.3 Å². The summed E-state index contributed by atoms with van der Waals surface area (Å²) in [7, 11) is 0. The largest absolute Gasteiger partial charge is 0.0837 e. The molecule has 0 saturated heterocycles. The Morgan fingerprint density at radius 1 is 0.486 bits per heavy atom. The van der Waals surface area contributed by atoms with E-state index in [1.165, 1.54) is 50.1 Å². The van der Waals surface area contributed by atoms with Crippen LogP contribution < -0.4 is 0 Å². The molecular formula is C34H25Cl. The maximum atomic E-state index is 6.92. The topological polar surface area (TPSA) is 0 Å². The average molecular weight is 469 g/mol. The van der Waals surface area contributed by atoms with Crippen LogP contribution in [0, 0.1) is 0 Å². The molecule has 5 aromatic rings. The second kappa shape index (κ2) is 7.20. The van der Waals surface area contributed by atoms with Crippen molar-refractivity contribution in [3.05, 3.63) is 154 Å². The van der Waals surface area contributed by atoms with Crippen molar-refractivity contribution in [1.82, 2.24) is 0 Å². The predicted molar refractivity (Wildman–Crippen MR) is 146 cm³/mol. The van der Waals surface area contributed by atoms with E-state index in [0.717, 1.165) is 10.6 Å². The van der Waals surface area contributed by atoms with Crippen molar-refractivity contribution in [1.29, 1.82) is 0 Å². The van der Waals surface area contributed by atoms with E-state index in [0.29, 0.717) is 0 Å². The van der Waals surface area contributed by atoms with E-state index in [1.54, 1.807) is 0 Å². The fraction of sp³-hybridized carbons (Fsp3) is 0.118. The Labute approximate surface area is 211 Å². The van der Waals surface area contributed by atoms with E-state index >= 15 is 0 Å². The molecule has 168 valence electrons. The summed E-state index contributed by atoms with van der Waals surface area (Å²) in [5, 5.41) is 0.816. The lowest BCUT2D eigenvalue weighted by Crippen LogP contribution is -2.40. The van der Waals surface area contributed by atoms with Crippen LogP contribution in [-0.4, -0.2) is 0 Å². The van der Waals surface area contributed by atoms with Crippen LogP contribution in [0.4, 0.5) is 0 Å². The van der Waals surface area contributed by atoms with Crippen molar-refractivity contribution < 1.29 is 0 Å². The Balaban J connectivity index is 1.66. The van der Waals surface area contributed by atoms with Gasteiger partial charge in [-0.3, -0.25) is 0 Å². The summed E-state index contributed by atoms with van der Waals surface area (Å²) in [4.78, 5) is 0. The van der Waals surface area contributed by atoms with E-state index in [9.17, 15) is 0 Å². The SMILES string of the molecule is CC1(C)c2ccccc2C2(c3ccccc3-c3c(Cl)cccc32)c2ccc(-c3ccccc3)cc21. The first-order chi connectivity index (χ1) is 17.0. The molecule has 2 aliphatic rings. The van der Waals surface area contributed by atoms with Crippen molar-refractivity contribution in [2.45, 2.75) is 24.7 Å². The first-order valence-corrected chi connectivity index (χ1v) is 12.6. The molecule has 0 radical (unpaired) electrons. The second-order valence-electron chi connectivity index (χ2n) is 10.3. The van der Waals surface area contributed by atoms with Gasteiger partial charge >= 0.3 is 0 Å². The van der Waals surface area contributed by atoms with Gasteiger partial charge < -0.3 is 0 Å². The van der Waals surface area contributed by atoms with Gasteiger partial charge in [0, 0.05) is 16.0 Å².